The standard InChI is InChI=1S/C19H29N/c1-18(2)12-7-10-16(18)20-17-15-9-6-5-8-14(15)11-13-19(17,3)4/h5-6,8-9,16-17,20H,7,10-13H2,1-4H3. The Kier molecular flexibility index (Phi) is 3.44. The van der Waals surface area contributed by atoms with E-state index >= 15 is 0 Å². The van der Waals surface area contributed by atoms with Crippen LogP contribution in [0, 0.1) is 10.8 Å². The fraction of sp³-hybridized carbons (Fsp3) is 0.684. The Labute approximate surface area is 124 Å². The molecule has 1 N–H and O–H groups in total. The molecule has 2 aliphatic carbocycles. The molecule has 1 heteroatoms. The molecule has 110 valence electrons. The third kappa shape index (κ3) is 2.41. The van der Waals surface area contributed by atoms with Gasteiger partial charge in [0.1, 0.15) is 0 Å². The van der Waals surface area contributed by atoms with Gasteiger partial charge in [-0.15, -0.1) is 0 Å². The van der Waals surface area contributed by atoms with Gasteiger partial charge in [-0.1, -0.05) is 58.4 Å². The Balaban J connectivity index is 1.90. The molecule has 0 amide bonds. The van der Waals surface area contributed by atoms with Gasteiger partial charge in [0.15, 0.2) is 0 Å². The molecule has 0 aromatic heterocycles. The number of benzene rings is 1. The molecular weight excluding hydrogens is 242 g/mol. The van der Waals surface area contributed by atoms with Crippen LogP contribution >= 0.6 is 0 Å². The Morgan fingerprint density at radius 2 is 1.75 bits per heavy atom. The predicted octanol–water partition coefficient (Wildman–Crippen LogP) is 4.87. The van der Waals surface area contributed by atoms with E-state index < -0.39 is 0 Å². The molecule has 20 heavy (non-hydrogen) atoms. The van der Waals surface area contributed by atoms with E-state index in [-0.39, 0.29) is 0 Å². The topological polar surface area (TPSA) is 12.0 Å². The second-order valence-electron chi connectivity index (χ2n) is 8.22. The summed E-state index contributed by atoms with van der Waals surface area (Å²) in [6, 6.07) is 10.2. The molecule has 0 heterocycles. The molecule has 1 fully saturated rings. The summed E-state index contributed by atoms with van der Waals surface area (Å²) >= 11 is 0. The summed E-state index contributed by atoms with van der Waals surface area (Å²) in [6.45, 7) is 9.73. The summed E-state index contributed by atoms with van der Waals surface area (Å²) in [6.07, 6.45) is 6.59. The van der Waals surface area contributed by atoms with Crippen LogP contribution in [0.5, 0.6) is 0 Å². The number of nitrogens with one attached hydrogen (secondary N) is 1. The van der Waals surface area contributed by atoms with Crippen LogP contribution in [0.25, 0.3) is 0 Å². The monoisotopic (exact) mass is 271 g/mol. The lowest BCUT2D eigenvalue weighted by Crippen LogP contribution is -2.46. The van der Waals surface area contributed by atoms with Crippen LogP contribution in [0.2, 0.25) is 0 Å². The Hall–Kier alpha value is -0.820. The fourth-order valence-corrected chi connectivity index (χ4v) is 4.22. The Morgan fingerprint density at radius 3 is 2.45 bits per heavy atom. The molecule has 1 saturated carbocycles. The van der Waals surface area contributed by atoms with E-state index in [2.05, 4.69) is 57.3 Å². The minimum atomic E-state index is 0.354. The van der Waals surface area contributed by atoms with Crippen LogP contribution in [-0.4, -0.2) is 6.04 Å². The summed E-state index contributed by atoms with van der Waals surface area (Å²) in [5.74, 6) is 0. The average Bonchev–Trinajstić information content (AvgIpc) is 2.72. The second kappa shape index (κ2) is 4.87. The zero-order chi connectivity index (χ0) is 14.4. The minimum Gasteiger partial charge on any atom is -0.306 e. The van der Waals surface area contributed by atoms with E-state index in [1.807, 2.05) is 0 Å². The fourth-order valence-electron chi connectivity index (χ4n) is 4.22. The van der Waals surface area contributed by atoms with Crippen molar-refractivity contribution >= 4 is 0 Å². The lowest BCUT2D eigenvalue weighted by Gasteiger charge is -2.44. The maximum absolute atomic E-state index is 4.05. The number of rotatable bonds is 2. The van der Waals surface area contributed by atoms with E-state index in [9.17, 15) is 0 Å². The summed E-state index contributed by atoms with van der Waals surface area (Å²) < 4.78 is 0. The van der Waals surface area contributed by atoms with E-state index in [0.717, 1.165) is 0 Å². The van der Waals surface area contributed by atoms with Crippen LogP contribution in [0.15, 0.2) is 24.3 Å². The SMILES string of the molecule is CC1(C)CCCC1NC1c2ccccc2CCC1(C)C. The predicted molar refractivity (Wildman–Crippen MR) is 85.8 cm³/mol. The first-order valence-corrected chi connectivity index (χ1v) is 8.24. The molecule has 0 radical (unpaired) electrons. The van der Waals surface area contributed by atoms with Crippen LogP contribution in [0.3, 0.4) is 0 Å². The molecule has 1 aromatic rings. The van der Waals surface area contributed by atoms with Gasteiger partial charge in [0.2, 0.25) is 0 Å². The van der Waals surface area contributed by atoms with Gasteiger partial charge >= 0.3 is 0 Å². The van der Waals surface area contributed by atoms with Crippen molar-refractivity contribution in [3.63, 3.8) is 0 Å². The molecule has 1 nitrogen and oxygen atoms in total. The van der Waals surface area contributed by atoms with Gasteiger partial charge in [-0.3, -0.25) is 0 Å². The average molecular weight is 271 g/mol. The molecule has 2 aliphatic rings. The van der Waals surface area contributed by atoms with Crippen LogP contribution < -0.4 is 5.32 Å². The Morgan fingerprint density at radius 1 is 1.00 bits per heavy atom. The van der Waals surface area contributed by atoms with Gasteiger partial charge in [-0.2, -0.15) is 0 Å². The molecule has 0 aliphatic heterocycles. The van der Waals surface area contributed by atoms with Crippen molar-refractivity contribution in [2.24, 2.45) is 10.8 Å². The number of fused-ring (bicyclic) bond motifs is 1. The highest BCUT2D eigenvalue weighted by Crippen LogP contribution is 2.46. The Bertz CT molecular complexity index is 486. The zero-order valence-electron chi connectivity index (χ0n) is 13.5. The highest BCUT2D eigenvalue weighted by Gasteiger charge is 2.41. The lowest BCUT2D eigenvalue weighted by molar-refractivity contribution is 0.160. The van der Waals surface area contributed by atoms with Gasteiger partial charge in [-0.25, -0.2) is 0 Å². The number of hydrogen-bond acceptors (Lipinski definition) is 1. The van der Waals surface area contributed by atoms with E-state index in [1.165, 1.54) is 32.1 Å². The smallest absolute Gasteiger partial charge is 0.0377 e. The molecular formula is C19H29N. The van der Waals surface area contributed by atoms with Crippen LogP contribution in [0.1, 0.15) is 70.5 Å². The highest BCUT2D eigenvalue weighted by atomic mass is 15.0. The van der Waals surface area contributed by atoms with E-state index in [1.54, 1.807) is 11.1 Å². The van der Waals surface area contributed by atoms with Crippen molar-refractivity contribution in [2.45, 2.75) is 71.9 Å². The van der Waals surface area contributed by atoms with Crippen molar-refractivity contribution < 1.29 is 0 Å². The molecule has 0 saturated heterocycles. The van der Waals surface area contributed by atoms with Gasteiger partial charge in [0, 0.05) is 12.1 Å². The van der Waals surface area contributed by atoms with Crippen molar-refractivity contribution in [1.82, 2.24) is 5.32 Å². The largest absolute Gasteiger partial charge is 0.306 e. The van der Waals surface area contributed by atoms with Crippen molar-refractivity contribution in [2.75, 3.05) is 0 Å². The zero-order valence-corrected chi connectivity index (χ0v) is 13.5. The van der Waals surface area contributed by atoms with Gasteiger partial charge in [0.25, 0.3) is 0 Å². The molecule has 3 rings (SSSR count). The van der Waals surface area contributed by atoms with E-state index in [0.29, 0.717) is 22.9 Å². The third-order valence-electron chi connectivity index (χ3n) is 5.81. The van der Waals surface area contributed by atoms with Crippen LogP contribution in [0.4, 0.5) is 0 Å². The van der Waals surface area contributed by atoms with Crippen molar-refractivity contribution in [3.05, 3.63) is 35.4 Å². The second-order valence-corrected chi connectivity index (χ2v) is 8.22. The molecule has 1 aromatic carbocycles. The summed E-state index contributed by atoms with van der Waals surface area (Å²) in [5, 5.41) is 4.05. The molecule has 0 spiro atoms. The maximum atomic E-state index is 4.05. The lowest BCUT2D eigenvalue weighted by atomic mass is 9.69. The minimum absolute atomic E-state index is 0.354. The highest BCUT2D eigenvalue weighted by molar-refractivity contribution is 5.34. The quantitative estimate of drug-likeness (QED) is 0.809. The van der Waals surface area contributed by atoms with Crippen molar-refractivity contribution in [3.8, 4) is 0 Å². The normalized spacial score (nSPS) is 31.0. The van der Waals surface area contributed by atoms with Gasteiger partial charge in [-0.05, 0) is 47.6 Å². The summed E-state index contributed by atoms with van der Waals surface area (Å²) in [4.78, 5) is 0. The maximum Gasteiger partial charge on any atom is 0.0377 e. The first kappa shape index (κ1) is 14.1. The van der Waals surface area contributed by atoms with Crippen LogP contribution in [-0.2, 0) is 6.42 Å². The van der Waals surface area contributed by atoms with Crippen molar-refractivity contribution in [1.29, 1.82) is 0 Å². The van der Waals surface area contributed by atoms with E-state index in [4.69, 9.17) is 0 Å². The number of aryl methyl sites for hydroxylation is 1. The first-order chi connectivity index (χ1) is 9.40. The third-order valence-corrected chi connectivity index (χ3v) is 5.81. The molecule has 0 bridgehead atoms. The summed E-state index contributed by atoms with van der Waals surface area (Å²) in [7, 11) is 0. The molecule has 2 unspecified atom stereocenters. The van der Waals surface area contributed by atoms with Gasteiger partial charge < -0.3 is 5.32 Å². The van der Waals surface area contributed by atoms with Gasteiger partial charge in [0.05, 0.1) is 0 Å². The number of hydrogen-bond donors (Lipinski definition) is 1. The molecule has 2 atom stereocenters. The summed E-state index contributed by atoms with van der Waals surface area (Å²) in [5.41, 5.74) is 3.90. The first-order valence-electron chi connectivity index (χ1n) is 8.24.